The molecule has 0 aliphatic rings. The number of carbonyl (C=O) groups is 1. The summed E-state index contributed by atoms with van der Waals surface area (Å²) in [7, 11) is 1.61. The van der Waals surface area contributed by atoms with Gasteiger partial charge in [0.25, 0.3) is 0 Å². The lowest BCUT2D eigenvalue weighted by molar-refractivity contribution is -0.137. The van der Waals surface area contributed by atoms with Crippen LogP contribution in [0.2, 0.25) is 0 Å². The number of hydrogen-bond donors (Lipinski definition) is 1. The number of methoxy groups -OCH3 is 1. The molecule has 1 unspecified atom stereocenters. The first-order valence-corrected chi connectivity index (χ1v) is 6.46. The van der Waals surface area contributed by atoms with Crippen LogP contribution in [0.1, 0.15) is 38.8 Å². The summed E-state index contributed by atoms with van der Waals surface area (Å²) in [5, 5.41) is 1.30. The van der Waals surface area contributed by atoms with Crippen molar-refractivity contribution in [2.75, 3.05) is 13.7 Å². The van der Waals surface area contributed by atoms with E-state index < -0.39 is 0 Å². The summed E-state index contributed by atoms with van der Waals surface area (Å²) in [6, 6.07) is 9.45. The third kappa shape index (κ3) is 5.01. The SMILES string of the molecule is COCC(c1ccccc1)N(N)C(=O)CC(C)(C)C. The van der Waals surface area contributed by atoms with E-state index in [2.05, 4.69) is 0 Å². The quantitative estimate of drug-likeness (QED) is 0.505. The van der Waals surface area contributed by atoms with Gasteiger partial charge in [-0.25, -0.2) is 5.84 Å². The minimum absolute atomic E-state index is 0.0709. The van der Waals surface area contributed by atoms with Crippen molar-refractivity contribution < 1.29 is 9.53 Å². The molecule has 0 aliphatic heterocycles. The summed E-state index contributed by atoms with van der Waals surface area (Å²) < 4.78 is 5.19. The zero-order valence-corrected chi connectivity index (χ0v) is 12.2. The van der Waals surface area contributed by atoms with Gasteiger partial charge in [0.1, 0.15) is 0 Å². The Labute approximate surface area is 115 Å². The molecule has 1 amide bonds. The van der Waals surface area contributed by atoms with Crippen LogP contribution in [0, 0.1) is 5.41 Å². The van der Waals surface area contributed by atoms with Crippen LogP contribution < -0.4 is 5.84 Å². The summed E-state index contributed by atoms with van der Waals surface area (Å²) in [6.45, 7) is 6.45. The summed E-state index contributed by atoms with van der Waals surface area (Å²) in [5.41, 5.74) is 0.900. The Balaban J connectivity index is 2.85. The third-order valence-electron chi connectivity index (χ3n) is 2.81. The predicted octanol–water partition coefficient (Wildman–Crippen LogP) is 2.51. The van der Waals surface area contributed by atoms with Crippen molar-refractivity contribution in [1.82, 2.24) is 5.01 Å². The molecule has 0 heterocycles. The number of rotatable bonds is 5. The molecular formula is C15H24N2O2. The molecule has 1 aromatic carbocycles. The molecule has 2 N–H and O–H groups in total. The molecule has 0 radical (unpaired) electrons. The Bertz CT molecular complexity index is 398. The average molecular weight is 264 g/mol. The van der Waals surface area contributed by atoms with Crippen LogP contribution in [-0.2, 0) is 9.53 Å². The standard InChI is InChI=1S/C15H24N2O2/c1-15(2,3)10-14(18)17(16)13(11-19-4)12-8-6-5-7-9-12/h5-9,13H,10-11,16H2,1-4H3. The highest BCUT2D eigenvalue weighted by molar-refractivity contribution is 5.76. The van der Waals surface area contributed by atoms with E-state index in [1.807, 2.05) is 51.1 Å². The molecule has 0 aromatic heterocycles. The van der Waals surface area contributed by atoms with Gasteiger partial charge in [0.05, 0.1) is 12.6 Å². The highest BCUT2D eigenvalue weighted by Crippen LogP contribution is 2.24. The number of ether oxygens (including phenoxy) is 1. The summed E-state index contributed by atoms with van der Waals surface area (Å²) in [5.74, 6) is 5.92. The molecule has 1 rings (SSSR count). The van der Waals surface area contributed by atoms with Gasteiger partial charge in [-0.15, -0.1) is 0 Å². The maximum Gasteiger partial charge on any atom is 0.237 e. The van der Waals surface area contributed by atoms with Gasteiger partial charge in [-0.1, -0.05) is 51.1 Å². The van der Waals surface area contributed by atoms with Crippen molar-refractivity contribution in [3.05, 3.63) is 35.9 Å². The maximum absolute atomic E-state index is 12.2. The Morgan fingerprint density at radius 3 is 2.37 bits per heavy atom. The molecule has 4 heteroatoms. The van der Waals surface area contributed by atoms with Crippen molar-refractivity contribution in [2.45, 2.75) is 33.2 Å². The van der Waals surface area contributed by atoms with E-state index in [0.29, 0.717) is 13.0 Å². The fraction of sp³-hybridized carbons (Fsp3) is 0.533. The van der Waals surface area contributed by atoms with Gasteiger partial charge in [0, 0.05) is 13.5 Å². The minimum atomic E-state index is -0.249. The van der Waals surface area contributed by atoms with E-state index in [1.54, 1.807) is 7.11 Å². The molecule has 4 nitrogen and oxygen atoms in total. The van der Waals surface area contributed by atoms with Gasteiger partial charge in [-0.05, 0) is 11.0 Å². The molecule has 0 bridgehead atoms. The lowest BCUT2D eigenvalue weighted by Gasteiger charge is -2.29. The molecular weight excluding hydrogens is 240 g/mol. The molecule has 0 saturated carbocycles. The minimum Gasteiger partial charge on any atom is -0.382 e. The fourth-order valence-corrected chi connectivity index (χ4v) is 1.89. The Kier molecular flexibility index (Phi) is 5.51. The van der Waals surface area contributed by atoms with E-state index in [4.69, 9.17) is 10.6 Å². The monoisotopic (exact) mass is 264 g/mol. The van der Waals surface area contributed by atoms with Gasteiger partial charge in [0.15, 0.2) is 0 Å². The average Bonchev–Trinajstić information content (AvgIpc) is 2.34. The molecule has 106 valence electrons. The molecule has 19 heavy (non-hydrogen) atoms. The topological polar surface area (TPSA) is 55.6 Å². The summed E-state index contributed by atoms with van der Waals surface area (Å²) in [4.78, 5) is 12.2. The lowest BCUT2D eigenvalue weighted by Crippen LogP contribution is -2.43. The molecule has 1 aromatic rings. The number of hydrazine groups is 1. The van der Waals surface area contributed by atoms with Gasteiger partial charge < -0.3 is 4.74 Å². The molecule has 0 fully saturated rings. The Morgan fingerprint density at radius 2 is 1.89 bits per heavy atom. The molecule has 0 aliphatic carbocycles. The first-order valence-electron chi connectivity index (χ1n) is 6.46. The summed E-state index contributed by atoms with van der Waals surface area (Å²) in [6.07, 6.45) is 0.413. The van der Waals surface area contributed by atoms with E-state index in [-0.39, 0.29) is 17.4 Å². The van der Waals surface area contributed by atoms with Crippen LogP contribution in [0.4, 0.5) is 0 Å². The van der Waals surface area contributed by atoms with Crippen molar-refractivity contribution in [1.29, 1.82) is 0 Å². The smallest absolute Gasteiger partial charge is 0.237 e. The zero-order chi connectivity index (χ0) is 14.5. The maximum atomic E-state index is 12.2. The third-order valence-corrected chi connectivity index (χ3v) is 2.81. The van der Waals surface area contributed by atoms with Gasteiger partial charge in [-0.2, -0.15) is 0 Å². The fourth-order valence-electron chi connectivity index (χ4n) is 1.89. The Hall–Kier alpha value is -1.39. The highest BCUT2D eigenvalue weighted by Gasteiger charge is 2.26. The molecule has 0 spiro atoms. The second-order valence-corrected chi connectivity index (χ2v) is 5.92. The molecule has 1 atom stereocenters. The van der Waals surface area contributed by atoms with E-state index >= 15 is 0 Å². The van der Waals surface area contributed by atoms with Crippen LogP contribution in [0.25, 0.3) is 0 Å². The van der Waals surface area contributed by atoms with Crippen LogP contribution in [0.5, 0.6) is 0 Å². The van der Waals surface area contributed by atoms with E-state index in [0.717, 1.165) is 5.56 Å². The van der Waals surface area contributed by atoms with Crippen LogP contribution in [0.3, 0.4) is 0 Å². The number of nitrogens with zero attached hydrogens (tertiary/aromatic N) is 1. The zero-order valence-electron chi connectivity index (χ0n) is 12.2. The van der Waals surface area contributed by atoms with Gasteiger partial charge >= 0.3 is 0 Å². The van der Waals surface area contributed by atoms with Crippen LogP contribution in [-0.4, -0.2) is 24.6 Å². The Morgan fingerprint density at radius 1 is 1.32 bits per heavy atom. The number of hydrogen-bond acceptors (Lipinski definition) is 3. The number of carbonyl (C=O) groups excluding carboxylic acids is 1. The number of nitrogens with two attached hydrogens (primary N) is 1. The van der Waals surface area contributed by atoms with Crippen molar-refractivity contribution in [3.8, 4) is 0 Å². The summed E-state index contributed by atoms with van der Waals surface area (Å²) >= 11 is 0. The number of amides is 1. The van der Waals surface area contributed by atoms with Crippen LogP contribution >= 0.6 is 0 Å². The van der Waals surface area contributed by atoms with Crippen molar-refractivity contribution in [2.24, 2.45) is 11.3 Å². The first kappa shape index (κ1) is 15.7. The normalized spacial score (nSPS) is 13.1. The van der Waals surface area contributed by atoms with Gasteiger partial charge in [-0.3, -0.25) is 9.80 Å². The lowest BCUT2D eigenvalue weighted by atomic mass is 9.91. The van der Waals surface area contributed by atoms with E-state index in [1.165, 1.54) is 5.01 Å². The predicted molar refractivity (Wildman–Crippen MR) is 76.2 cm³/mol. The van der Waals surface area contributed by atoms with Crippen LogP contribution in [0.15, 0.2) is 30.3 Å². The first-order chi connectivity index (χ1) is 8.85. The molecule has 0 saturated heterocycles. The van der Waals surface area contributed by atoms with Crippen molar-refractivity contribution in [3.63, 3.8) is 0 Å². The highest BCUT2D eigenvalue weighted by atomic mass is 16.5. The second-order valence-electron chi connectivity index (χ2n) is 5.92. The largest absolute Gasteiger partial charge is 0.382 e. The van der Waals surface area contributed by atoms with Gasteiger partial charge in [0.2, 0.25) is 5.91 Å². The number of benzene rings is 1. The van der Waals surface area contributed by atoms with Crippen molar-refractivity contribution >= 4 is 5.91 Å². The van der Waals surface area contributed by atoms with E-state index in [9.17, 15) is 4.79 Å². The second kappa shape index (κ2) is 6.68.